The number of likely N-dealkylation sites (tertiary alicyclic amines) is 1. The van der Waals surface area contributed by atoms with Crippen molar-refractivity contribution < 1.29 is 5.11 Å². The van der Waals surface area contributed by atoms with Crippen LogP contribution in [0.1, 0.15) is 82.4 Å². The van der Waals surface area contributed by atoms with E-state index in [1.165, 1.54) is 34.5 Å². The molecule has 0 spiro atoms. The molecule has 0 amide bonds. The number of aromatic nitrogens is 1. The molecular weight excluding hydrogens is 376 g/mol. The van der Waals surface area contributed by atoms with E-state index in [0.717, 1.165) is 31.6 Å². The maximum Gasteiger partial charge on any atom is 0.0964 e. The van der Waals surface area contributed by atoms with Gasteiger partial charge >= 0.3 is 0 Å². The summed E-state index contributed by atoms with van der Waals surface area (Å²) in [7, 11) is 0. The third kappa shape index (κ3) is 4.04. The van der Waals surface area contributed by atoms with Crippen molar-refractivity contribution in [1.29, 1.82) is 0 Å². The Balaban J connectivity index is 1.55. The molecule has 29 heavy (non-hydrogen) atoms. The van der Waals surface area contributed by atoms with E-state index in [9.17, 15) is 5.11 Å². The van der Waals surface area contributed by atoms with E-state index in [-0.39, 0.29) is 23.5 Å². The smallest absolute Gasteiger partial charge is 0.0964 e. The number of piperidine rings is 1. The van der Waals surface area contributed by atoms with Crippen molar-refractivity contribution >= 4 is 11.3 Å². The van der Waals surface area contributed by atoms with Gasteiger partial charge in [0.15, 0.2) is 0 Å². The lowest BCUT2D eigenvalue weighted by Gasteiger charge is -2.42. The zero-order valence-corrected chi connectivity index (χ0v) is 19.5. The quantitative estimate of drug-likeness (QED) is 0.698. The fraction of sp³-hybridized carbons (Fsp3) is 0.640. The Labute approximate surface area is 180 Å². The molecule has 1 saturated heterocycles. The van der Waals surface area contributed by atoms with E-state index in [1.807, 2.05) is 11.3 Å². The Kier molecular flexibility index (Phi) is 5.65. The first kappa shape index (κ1) is 21.0. The van der Waals surface area contributed by atoms with Crippen LogP contribution in [-0.4, -0.2) is 40.7 Å². The van der Waals surface area contributed by atoms with Gasteiger partial charge in [0.05, 0.1) is 17.3 Å². The van der Waals surface area contributed by atoms with Gasteiger partial charge in [-0.05, 0) is 73.7 Å². The number of fused-ring (bicyclic) bond motifs is 1. The summed E-state index contributed by atoms with van der Waals surface area (Å²) in [5.41, 5.74) is 5.92. The highest BCUT2D eigenvalue weighted by Gasteiger charge is 2.37. The number of benzene rings is 1. The standard InChI is InChI=1S/C25H36N2OS/c1-17(15-28)27-12-8-18(9-13-27)23-26-22(16-29-23)19-6-7-20-21(14-19)25(4,5)11-10-24(20,2)3/h6-7,14,16-18,28H,8-13,15H2,1-5H3. The molecule has 0 saturated carbocycles. The van der Waals surface area contributed by atoms with Gasteiger partial charge in [-0.1, -0.05) is 39.8 Å². The van der Waals surface area contributed by atoms with Gasteiger partial charge in [-0.25, -0.2) is 4.98 Å². The van der Waals surface area contributed by atoms with Crippen LogP contribution in [0.25, 0.3) is 11.3 Å². The van der Waals surface area contributed by atoms with Crippen LogP contribution in [0.4, 0.5) is 0 Å². The minimum Gasteiger partial charge on any atom is -0.395 e. The highest BCUT2D eigenvalue weighted by Crippen LogP contribution is 2.47. The van der Waals surface area contributed by atoms with Gasteiger partial charge in [-0.3, -0.25) is 4.90 Å². The van der Waals surface area contributed by atoms with Crippen molar-refractivity contribution in [2.75, 3.05) is 19.7 Å². The van der Waals surface area contributed by atoms with Crippen LogP contribution in [0.2, 0.25) is 0 Å². The van der Waals surface area contributed by atoms with E-state index in [4.69, 9.17) is 4.98 Å². The Morgan fingerprint density at radius 2 is 1.76 bits per heavy atom. The molecule has 4 rings (SSSR count). The fourth-order valence-corrected chi connectivity index (χ4v) is 6.06. The molecule has 2 aliphatic rings. The lowest BCUT2D eigenvalue weighted by Crippen LogP contribution is -2.41. The third-order valence-corrected chi connectivity index (χ3v) is 8.44. The molecule has 1 unspecified atom stereocenters. The largest absolute Gasteiger partial charge is 0.395 e. The summed E-state index contributed by atoms with van der Waals surface area (Å²) in [4.78, 5) is 7.48. The summed E-state index contributed by atoms with van der Waals surface area (Å²) in [6.45, 7) is 14.0. The topological polar surface area (TPSA) is 36.4 Å². The van der Waals surface area contributed by atoms with Crippen molar-refractivity contribution in [3.05, 3.63) is 39.7 Å². The second kappa shape index (κ2) is 7.79. The van der Waals surface area contributed by atoms with Crippen LogP contribution in [-0.2, 0) is 10.8 Å². The molecule has 4 heteroatoms. The number of thiazole rings is 1. The van der Waals surface area contributed by atoms with Crippen molar-refractivity contribution in [3.8, 4) is 11.3 Å². The molecule has 1 atom stereocenters. The molecule has 158 valence electrons. The third-order valence-electron chi connectivity index (χ3n) is 7.44. The molecular formula is C25H36N2OS. The van der Waals surface area contributed by atoms with Crippen molar-refractivity contribution in [2.24, 2.45) is 0 Å². The maximum atomic E-state index is 9.40. The van der Waals surface area contributed by atoms with Gasteiger partial charge in [0.2, 0.25) is 0 Å². The number of rotatable bonds is 4. The first-order chi connectivity index (χ1) is 13.7. The molecule has 1 aliphatic carbocycles. The maximum absolute atomic E-state index is 9.40. The normalized spacial score (nSPS) is 23.0. The van der Waals surface area contributed by atoms with E-state index in [1.54, 1.807) is 0 Å². The van der Waals surface area contributed by atoms with E-state index in [2.05, 4.69) is 63.1 Å². The van der Waals surface area contributed by atoms with E-state index >= 15 is 0 Å². The predicted molar refractivity (Wildman–Crippen MR) is 123 cm³/mol. The molecule has 1 fully saturated rings. The van der Waals surface area contributed by atoms with Gasteiger partial charge in [0.1, 0.15) is 0 Å². The van der Waals surface area contributed by atoms with Crippen LogP contribution in [0.3, 0.4) is 0 Å². The average molecular weight is 413 g/mol. The minimum atomic E-state index is 0.232. The number of nitrogens with zero attached hydrogens (tertiary/aromatic N) is 2. The van der Waals surface area contributed by atoms with Gasteiger partial charge in [0, 0.05) is 22.9 Å². The number of aliphatic hydroxyl groups excluding tert-OH is 1. The summed E-state index contributed by atoms with van der Waals surface area (Å²) in [5, 5.41) is 12.9. The average Bonchev–Trinajstić information content (AvgIpc) is 3.21. The van der Waals surface area contributed by atoms with Crippen LogP contribution in [0, 0.1) is 0 Å². The first-order valence-electron chi connectivity index (χ1n) is 11.2. The Morgan fingerprint density at radius 1 is 1.10 bits per heavy atom. The van der Waals surface area contributed by atoms with Gasteiger partial charge < -0.3 is 5.11 Å². The molecule has 1 aromatic heterocycles. The molecule has 1 aliphatic heterocycles. The second-order valence-electron chi connectivity index (χ2n) is 10.4. The van der Waals surface area contributed by atoms with Gasteiger partial charge in [0.25, 0.3) is 0 Å². The molecule has 1 aromatic carbocycles. The zero-order valence-electron chi connectivity index (χ0n) is 18.7. The summed E-state index contributed by atoms with van der Waals surface area (Å²) in [6.07, 6.45) is 4.77. The number of hydrogen-bond donors (Lipinski definition) is 1. The minimum absolute atomic E-state index is 0.232. The van der Waals surface area contributed by atoms with E-state index < -0.39 is 0 Å². The highest BCUT2D eigenvalue weighted by molar-refractivity contribution is 7.10. The number of hydrogen-bond acceptors (Lipinski definition) is 4. The summed E-state index contributed by atoms with van der Waals surface area (Å²) < 4.78 is 0. The summed E-state index contributed by atoms with van der Waals surface area (Å²) in [6, 6.07) is 7.33. The van der Waals surface area contributed by atoms with Crippen molar-refractivity contribution in [3.63, 3.8) is 0 Å². The molecule has 1 N–H and O–H groups in total. The monoisotopic (exact) mass is 412 g/mol. The molecule has 2 aromatic rings. The SMILES string of the molecule is CC(CO)N1CCC(c2nc(-c3ccc4c(c3)C(C)(C)CCC4(C)C)cs2)CC1. The first-order valence-corrected chi connectivity index (χ1v) is 12.0. The molecule has 0 bridgehead atoms. The van der Waals surface area contributed by atoms with Crippen molar-refractivity contribution in [2.45, 2.75) is 83.1 Å². The Bertz CT molecular complexity index is 861. The summed E-state index contributed by atoms with van der Waals surface area (Å²) in [5.74, 6) is 0.559. The number of aliphatic hydroxyl groups is 1. The predicted octanol–water partition coefficient (Wildman–Crippen LogP) is 5.72. The molecule has 0 radical (unpaired) electrons. The Morgan fingerprint density at radius 3 is 2.41 bits per heavy atom. The lowest BCUT2D eigenvalue weighted by molar-refractivity contribution is 0.108. The molecule has 2 heterocycles. The van der Waals surface area contributed by atoms with Crippen LogP contribution >= 0.6 is 11.3 Å². The van der Waals surface area contributed by atoms with Crippen LogP contribution in [0.5, 0.6) is 0 Å². The zero-order chi connectivity index (χ0) is 20.8. The molecule has 3 nitrogen and oxygen atoms in total. The highest BCUT2D eigenvalue weighted by atomic mass is 32.1. The Hall–Kier alpha value is -1.23. The summed E-state index contributed by atoms with van der Waals surface area (Å²) >= 11 is 1.82. The van der Waals surface area contributed by atoms with Crippen molar-refractivity contribution in [1.82, 2.24) is 9.88 Å². The van der Waals surface area contributed by atoms with Gasteiger partial charge in [-0.2, -0.15) is 0 Å². The fourth-order valence-electron chi connectivity index (χ4n) is 5.06. The second-order valence-corrected chi connectivity index (χ2v) is 11.3. The lowest BCUT2D eigenvalue weighted by atomic mass is 9.63. The van der Waals surface area contributed by atoms with E-state index in [0.29, 0.717) is 5.92 Å². The van der Waals surface area contributed by atoms with Crippen LogP contribution in [0.15, 0.2) is 23.6 Å². The van der Waals surface area contributed by atoms with Crippen LogP contribution < -0.4 is 0 Å². The van der Waals surface area contributed by atoms with Gasteiger partial charge in [-0.15, -0.1) is 11.3 Å².